The molecule has 0 fully saturated rings. The molecule has 2 amide bonds. The Hall–Kier alpha value is -3.06. The van der Waals surface area contributed by atoms with E-state index in [1.54, 1.807) is 25.3 Å². The predicted octanol–water partition coefficient (Wildman–Crippen LogP) is 4.71. The standard InChI is InChI=1S/C21H22N2O4S/c1-12-7-8-16(26-4)15(10-12)14(3)22-21(25)19-13(2)11-18(28-19)23-20(24)17-6-5-9-27-17/h5-11,14H,1-4H3,(H,22,25)(H,23,24). The van der Waals surface area contributed by atoms with E-state index in [2.05, 4.69) is 10.6 Å². The number of amides is 2. The number of furan rings is 1. The zero-order valence-electron chi connectivity index (χ0n) is 16.2. The molecule has 3 rings (SSSR count). The van der Waals surface area contributed by atoms with Gasteiger partial charge in [0.25, 0.3) is 11.8 Å². The monoisotopic (exact) mass is 398 g/mol. The average molecular weight is 398 g/mol. The van der Waals surface area contributed by atoms with Gasteiger partial charge in [-0.25, -0.2) is 0 Å². The third-order valence-corrected chi connectivity index (χ3v) is 5.46. The number of hydrogen-bond acceptors (Lipinski definition) is 5. The van der Waals surface area contributed by atoms with Crippen molar-refractivity contribution < 1.29 is 18.7 Å². The van der Waals surface area contributed by atoms with Crippen LogP contribution >= 0.6 is 11.3 Å². The smallest absolute Gasteiger partial charge is 0.291 e. The van der Waals surface area contributed by atoms with E-state index in [1.165, 1.54) is 17.6 Å². The van der Waals surface area contributed by atoms with Crippen LogP contribution in [0.15, 0.2) is 47.1 Å². The van der Waals surface area contributed by atoms with Crippen LogP contribution in [-0.4, -0.2) is 18.9 Å². The fourth-order valence-electron chi connectivity index (χ4n) is 2.88. The van der Waals surface area contributed by atoms with Crippen LogP contribution in [0.25, 0.3) is 0 Å². The highest BCUT2D eigenvalue weighted by Crippen LogP contribution is 2.30. The second kappa shape index (κ2) is 8.31. The van der Waals surface area contributed by atoms with E-state index in [4.69, 9.17) is 9.15 Å². The molecule has 6 nitrogen and oxygen atoms in total. The molecular formula is C21H22N2O4S. The lowest BCUT2D eigenvalue weighted by Crippen LogP contribution is -2.26. The molecule has 2 heterocycles. The van der Waals surface area contributed by atoms with Gasteiger partial charge in [-0.05, 0) is 50.6 Å². The minimum absolute atomic E-state index is 0.197. The van der Waals surface area contributed by atoms with Crippen molar-refractivity contribution in [3.8, 4) is 5.75 Å². The Bertz CT molecular complexity index is 992. The molecule has 1 aromatic carbocycles. The Kier molecular flexibility index (Phi) is 5.84. The second-order valence-corrected chi connectivity index (χ2v) is 7.55. The van der Waals surface area contributed by atoms with Gasteiger partial charge in [0.05, 0.1) is 29.3 Å². The number of methoxy groups -OCH3 is 1. The molecule has 146 valence electrons. The van der Waals surface area contributed by atoms with E-state index in [-0.39, 0.29) is 23.6 Å². The highest BCUT2D eigenvalue weighted by molar-refractivity contribution is 7.18. The average Bonchev–Trinajstić information content (AvgIpc) is 3.31. The van der Waals surface area contributed by atoms with E-state index in [1.807, 2.05) is 39.0 Å². The Labute approximate surface area is 167 Å². The van der Waals surface area contributed by atoms with Gasteiger partial charge in [0, 0.05) is 5.56 Å². The lowest BCUT2D eigenvalue weighted by atomic mass is 10.0. The van der Waals surface area contributed by atoms with Crippen LogP contribution in [-0.2, 0) is 0 Å². The summed E-state index contributed by atoms with van der Waals surface area (Å²) in [5.74, 6) is 0.401. The van der Waals surface area contributed by atoms with Crippen molar-refractivity contribution in [3.05, 3.63) is 70.0 Å². The quantitative estimate of drug-likeness (QED) is 0.630. The molecule has 0 aliphatic rings. The summed E-state index contributed by atoms with van der Waals surface area (Å²) in [7, 11) is 1.61. The van der Waals surface area contributed by atoms with Crippen molar-refractivity contribution in [2.45, 2.75) is 26.8 Å². The summed E-state index contributed by atoms with van der Waals surface area (Å²) in [6.07, 6.45) is 1.44. The van der Waals surface area contributed by atoms with Gasteiger partial charge >= 0.3 is 0 Å². The summed E-state index contributed by atoms with van der Waals surface area (Å²) in [5.41, 5.74) is 2.80. The Balaban J connectivity index is 1.73. The van der Waals surface area contributed by atoms with Gasteiger partial charge in [-0.1, -0.05) is 17.7 Å². The zero-order valence-corrected chi connectivity index (χ0v) is 17.0. The number of carbonyl (C=O) groups excluding carboxylic acids is 2. The van der Waals surface area contributed by atoms with Gasteiger partial charge in [0.1, 0.15) is 5.75 Å². The van der Waals surface area contributed by atoms with Gasteiger partial charge in [0.2, 0.25) is 0 Å². The van der Waals surface area contributed by atoms with Crippen LogP contribution in [0.4, 0.5) is 5.00 Å². The number of benzene rings is 1. The van der Waals surface area contributed by atoms with Crippen molar-refractivity contribution in [2.24, 2.45) is 0 Å². The van der Waals surface area contributed by atoms with Crippen molar-refractivity contribution >= 4 is 28.2 Å². The summed E-state index contributed by atoms with van der Waals surface area (Å²) in [6, 6.07) is 10.6. The molecule has 0 saturated heterocycles. The lowest BCUT2D eigenvalue weighted by molar-refractivity contribution is 0.0942. The summed E-state index contributed by atoms with van der Waals surface area (Å²) < 4.78 is 10.5. The van der Waals surface area contributed by atoms with E-state index in [9.17, 15) is 9.59 Å². The van der Waals surface area contributed by atoms with Crippen LogP contribution in [0, 0.1) is 13.8 Å². The van der Waals surface area contributed by atoms with Crippen LogP contribution < -0.4 is 15.4 Å². The highest BCUT2D eigenvalue weighted by Gasteiger charge is 2.20. The minimum atomic E-state index is -0.351. The van der Waals surface area contributed by atoms with Gasteiger partial charge in [-0.15, -0.1) is 11.3 Å². The van der Waals surface area contributed by atoms with Crippen molar-refractivity contribution in [1.29, 1.82) is 0 Å². The molecule has 3 aromatic rings. The second-order valence-electron chi connectivity index (χ2n) is 6.49. The maximum Gasteiger partial charge on any atom is 0.291 e. The van der Waals surface area contributed by atoms with Gasteiger partial charge in [-0.3, -0.25) is 9.59 Å². The molecule has 0 aliphatic heterocycles. The Morgan fingerprint density at radius 1 is 1.14 bits per heavy atom. The largest absolute Gasteiger partial charge is 0.496 e. The molecule has 0 aliphatic carbocycles. The van der Waals surface area contributed by atoms with Crippen molar-refractivity contribution in [2.75, 3.05) is 12.4 Å². The lowest BCUT2D eigenvalue weighted by Gasteiger charge is -2.18. The fourth-order valence-corrected chi connectivity index (χ4v) is 3.85. The normalized spacial score (nSPS) is 11.7. The first-order chi connectivity index (χ1) is 13.4. The first kappa shape index (κ1) is 19.7. The Morgan fingerprint density at radius 3 is 2.61 bits per heavy atom. The van der Waals surface area contributed by atoms with E-state index >= 15 is 0 Å². The molecule has 7 heteroatoms. The molecule has 2 N–H and O–H groups in total. The fraction of sp³-hybridized carbons (Fsp3) is 0.238. The maximum atomic E-state index is 12.8. The maximum absolute atomic E-state index is 12.8. The first-order valence-corrected chi connectivity index (χ1v) is 9.61. The third-order valence-electron chi connectivity index (χ3n) is 4.31. The van der Waals surface area contributed by atoms with Crippen molar-refractivity contribution in [1.82, 2.24) is 5.32 Å². The number of thiophene rings is 1. The van der Waals surface area contributed by atoms with Gasteiger partial charge < -0.3 is 19.8 Å². The van der Waals surface area contributed by atoms with Crippen LogP contribution in [0.3, 0.4) is 0 Å². The molecule has 0 radical (unpaired) electrons. The number of carbonyl (C=O) groups is 2. The summed E-state index contributed by atoms with van der Waals surface area (Å²) >= 11 is 1.23. The highest BCUT2D eigenvalue weighted by atomic mass is 32.1. The van der Waals surface area contributed by atoms with Crippen LogP contribution in [0.2, 0.25) is 0 Å². The molecule has 0 bridgehead atoms. The van der Waals surface area contributed by atoms with Gasteiger partial charge in [0.15, 0.2) is 5.76 Å². The predicted molar refractivity (Wildman–Crippen MR) is 109 cm³/mol. The van der Waals surface area contributed by atoms with Crippen LogP contribution in [0.5, 0.6) is 5.75 Å². The van der Waals surface area contributed by atoms with Gasteiger partial charge in [-0.2, -0.15) is 0 Å². The number of rotatable bonds is 6. The molecule has 2 aromatic heterocycles. The molecule has 1 unspecified atom stereocenters. The molecule has 28 heavy (non-hydrogen) atoms. The number of hydrogen-bond donors (Lipinski definition) is 2. The van der Waals surface area contributed by atoms with E-state index in [0.29, 0.717) is 9.88 Å². The molecule has 0 saturated carbocycles. The first-order valence-electron chi connectivity index (χ1n) is 8.79. The number of aryl methyl sites for hydroxylation is 2. The molecule has 1 atom stereocenters. The van der Waals surface area contributed by atoms with Crippen molar-refractivity contribution in [3.63, 3.8) is 0 Å². The topological polar surface area (TPSA) is 80.6 Å². The SMILES string of the molecule is COc1ccc(C)cc1C(C)NC(=O)c1sc(NC(=O)c2ccco2)cc1C. The Morgan fingerprint density at radius 2 is 1.93 bits per heavy atom. The number of nitrogens with one attached hydrogen (secondary N) is 2. The number of anilines is 1. The van der Waals surface area contributed by atoms with E-state index < -0.39 is 0 Å². The summed E-state index contributed by atoms with van der Waals surface area (Å²) in [4.78, 5) is 25.5. The molecular weight excluding hydrogens is 376 g/mol. The molecule has 0 spiro atoms. The minimum Gasteiger partial charge on any atom is -0.496 e. The third kappa shape index (κ3) is 4.26. The summed E-state index contributed by atoms with van der Waals surface area (Å²) in [5, 5.41) is 6.35. The number of ether oxygens (including phenoxy) is 1. The summed E-state index contributed by atoms with van der Waals surface area (Å²) in [6.45, 7) is 5.75. The van der Waals surface area contributed by atoms with E-state index in [0.717, 1.165) is 22.4 Å². The zero-order chi connectivity index (χ0) is 20.3. The van der Waals surface area contributed by atoms with Crippen LogP contribution in [0.1, 0.15) is 49.9 Å².